The van der Waals surface area contributed by atoms with E-state index >= 15 is 0 Å². The summed E-state index contributed by atoms with van der Waals surface area (Å²) >= 11 is 6.09. The summed E-state index contributed by atoms with van der Waals surface area (Å²) in [5.74, 6) is 3.19. The minimum absolute atomic E-state index is 0.324. The number of anilines is 1. The molecule has 29 heavy (non-hydrogen) atoms. The van der Waals surface area contributed by atoms with Crippen LogP contribution < -0.4 is 10.6 Å². The van der Waals surface area contributed by atoms with Crippen LogP contribution in [-0.4, -0.2) is 34.6 Å². The molecule has 0 spiro atoms. The summed E-state index contributed by atoms with van der Waals surface area (Å²) in [5.41, 5.74) is 2.53. The highest BCUT2D eigenvalue weighted by atomic mass is 35.5. The number of oxazole rings is 1. The predicted octanol–water partition coefficient (Wildman–Crippen LogP) is 4.74. The largest absolute Gasteiger partial charge is 0.438 e. The predicted molar refractivity (Wildman–Crippen MR) is 114 cm³/mol. The Hall–Kier alpha value is -2.44. The number of nitrogens with zero attached hydrogens (tertiary/aromatic N) is 3. The summed E-state index contributed by atoms with van der Waals surface area (Å²) in [7, 11) is 0. The van der Waals surface area contributed by atoms with Crippen molar-refractivity contribution >= 4 is 17.5 Å². The monoisotopic (exact) mass is 409 g/mol. The number of halogens is 1. The molecule has 5 rings (SSSR count). The lowest BCUT2D eigenvalue weighted by Crippen LogP contribution is -2.26. The van der Waals surface area contributed by atoms with Crippen molar-refractivity contribution in [2.75, 3.05) is 25.0 Å². The Kier molecular flexibility index (Phi) is 5.21. The first-order chi connectivity index (χ1) is 14.3. The second kappa shape index (κ2) is 8.13. The summed E-state index contributed by atoms with van der Waals surface area (Å²) in [4.78, 5) is 14.0. The third-order valence-electron chi connectivity index (χ3n) is 5.58. The average Bonchev–Trinajstić information content (AvgIpc) is 3.50. The van der Waals surface area contributed by atoms with Crippen LogP contribution in [0.2, 0.25) is 5.02 Å². The maximum Gasteiger partial charge on any atom is 0.223 e. The molecule has 7 heteroatoms. The molecule has 3 aromatic rings. The second-order valence-electron chi connectivity index (χ2n) is 7.85. The summed E-state index contributed by atoms with van der Waals surface area (Å²) in [6, 6.07) is 9.59. The fourth-order valence-corrected chi connectivity index (χ4v) is 3.81. The summed E-state index contributed by atoms with van der Waals surface area (Å²) in [5, 5.41) is 7.44. The molecule has 2 aliphatic rings. The zero-order valence-corrected chi connectivity index (χ0v) is 17.0. The van der Waals surface area contributed by atoms with E-state index in [9.17, 15) is 0 Å². The second-order valence-corrected chi connectivity index (χ2v) is 8.29. The standard InChI is InChI=1S/C22H24ClN5O/c23-17-5-3-15(4-6-17)19-20(29-21(28-19)16-7-10-24-11-8-16)18-9-12-25-22(27-18)26-13-14-1-2-14/h3-6,9,12,14,16,24H,1-2,7-8,10-11,13H2,(H,25,26,27). The number of hydrogen-bond acceptors (Lipinski definition) is 6. The van der Waals surface area contributed by atoms with Crippen molar-refractivity contribution in [1.29, 1.82) is 0 Å². The van der Waals surface area contributed by atoms with Gasteiger partial charge in [0.1, 0.15) is 11.4 Å². The maximum atomic E-state index is 6.33. The van der Waals surface area contributed by atoms with Crippen LogP contribution >= 0.6 is 11.6 Å². The Morgan fingerprint density at radius 3 is 2.59 bits per heavy atom. The van der Waals surface area contributed by atoms with E-state index in [4.69, 9.17) is 26.0 Å². The van der Waals surface area contributed by atoms with Gasteiger partial charge >= 0.3 is 0 Å². The van der Waals surface area contributed by atoms with Crippen LogP contribution in [0.5, 0.6) is 0 Å². The molecule has 1 aliphatic carbocycles. The Balaban J connectivity index is 1.52. The van der Waals surface area contributed by atoms with Gasteiger partial charge in [-0.05, 0) is 62.9 Å². The Morgan fingerprint density at radius 1 is 1.03 bits per heavy atom. The quantitative estimate of drug-likeness (QED) is 0.612. The van der Waals surface area contributed by atoms with Crippen LogP contribution in [0.3, 0.4) is 0 Å². The van der Waals surface area contributed by atoms with Gasteiger partial charge in [-0.1, -0.05) is 23.7 Å². The fraction of sp³-hybridized carbons (Fsp3) is 0.409. The smallest absolute Gasteiger partial charge is 0.223 e. The number of nitrogens with one attached hydrogen (secondary N) is 2. The van der Waals surface area contributed by atoms with Gasteiger partial charge in [-0.2, -0.15) is 0 Å². The van der Waals surface area contributed by atoms with Crippen LogP contribution in [0, 0.1) is 5.92 Å². The molecule has 0 bridgehead atoms. The van der Waals surface area contributed by atoms with E-state index < -0.39 is 0 Å². The molecule has 2 aromatic heterocycles. The summed E-state index contributed by atoms with van der Waals surface area (Å²) in [6.07, 6.45) is 6.40. The molecule has 6 nitrogen and oxygen atoms in total. The third-order valence-corrected chi connectivity index (χ3v) is 5.84. The van der Waals surface area contributed by atoms with Gasteiger partial charge < -0.3 is 15.1 Å². The number of hydrogen-bond donors (Lipinski definition) is 2. The van der Waals surface area contributed by atoms with Crippen LogP contribution in [0.15, 0.2) is 40.9 Å². The molecule has 0 amide bonds. The number of benzene rings is 1. The normalized spacial score (nSPS) is 17.4. The van der Waals surface area contributed by atoms with E-state index in [1.165, 1.54) is 12.8 Å². The van der Waals surface area contributed by atoms with Gasteiger partial charge in [0.15, 0.2) is 11.7 Å². The van der Waals surface area contributed by atoms with Gasteiger partial charge in [0.2, 0.25) is 5.95 Å². The minimum Gasteiger partial charge on any atom is -0.438 e. The molecule has 0 unspecified atom stereocenters. The summed E-state index contributed by atoms with van der Waals surface area (Å²) in [6.45, 7) is 2.90. The Bertz CT molecular complexity index is 977. The summed E-state index contributed by atoms with van der Waals surface area (Å²) < 4.78 is 6.33. The molecule has 150 valence electrons. The topological polar surface area (TPSA) is 75.9 Å². The number of piperidine rings is 1. The molecular formula is C22H24ClN5O. The zero-order valence-electron chi connectivity index (χ0n) is 16.2. The van der Waals surface area contributed by atoms with Gasteiger partial charge in [0, 0.05) is 29.2 Å². The van der Waals surface area contributed by atoms with Gasteiger partial charge in [-0.25, -0.2) is 15.0 Å². The SMILES string of the molecule is Clc1ccc(-c2nc(C3CCNCC3)oc2-c2ccnc(NCC3CC3)n2)cc1. The van der Waals surface area contributed by atoms with E-state index in [0.29, 0.717) is 22.6 Å². The fourth-order valence-electron chi connectivity index (χ4n) is 3.69. The molecule has 0 radical (unpaired) electrons. The first-order valence-corrected chi connectivity index (χ1v) is 10.7. The van der Waals surface area contributed by atoms with Crippen molar-refractivity contribution in [3.8, 4) is 22.7 Å². The van der Waals surface area contributed by atoms with Crippen molar-refractivity contribution in [2.45, 2.75) is 31.6 Å². The van der Waals surface area contributed by atoms with Crippen molar-refractivity contribution < 1.29 is 4.42 Å². The number of rotatable bonds is 6. The van der Waals surface area contributed by atoms with Crippen LogP contribution in [-0.2, 0) is 0 Å². The molecular weight excluding hydrogens is 386 g/mol. The Labute approximate surface area is 175 Å². The highest BCUT2D eigenvalue weighted by Crippen LogP contribution is 2.36. The molecule has 1 saturated carbocycles. The molecule has 1 aliphatic heterocycles. The molecule has 1 aromatic carbocycles. The van der Waals surface area contributed by atoms with E-state index in [0.717, 1.165) is 61.2 Å². The van der Waals surface area contributed by atoms with E-state index in [1.54, 1.807) is 6.20 Å². The Morgan fingerprint density at radius 2 is 1.83 bits per heavy atom. The average molecular weight is 410 g/mol. The van der Waals surface area contributed by atoms with Crippen molar-refractivity contribution in [1.82, 2.24) is 20.3 Å². The lowest BCUT2D eigenvalue weighted by molar-refractivity contribution is 0.378. The number of aromatic nitrogens is 3. The zero-order chi connectivity index (χ0) is 19.6. The van der Waals surface area contributed by atoms with Gasteiger partial charge in [0.05, 0.1) is 0 Å². The van der Waals surface area contributed by atoms with E-state index in [1.807, 2.05) is 30.3 Å². The van der Waals surface area contributed by atoms with E-state index in [2.05, 4.69) is 15.6 Å². The van der Waals surface area contributed by atoms with Crippen LogP contribution in [0.4, 0.5) is 5.95 Å². The van der Waals surface area contributed by atoms with Crippen molar-refractivity contribution in [2.24, 2.45) is 5.92 Å². The van der Waals surface area contributed by atoms with Crippen LogP contribution in [0.25, 0.3) is 22.7 Å². The first kappa shape index (κ1) is 18.6. The third kappa shape index (κ3) is 4.28. The minimum atomic E-state index is 0.324. The highest BCUT2D eigenvalue weighted by Gasteiger charge is 2.25. The van der Waals surface area contributed by atoms with Gasteiger partial charge in [-0.15, -0.1) is 0 Å². The molecule has 2 fully saturated rings. The van der Waals surface area contributed by atoms with Gasteiger partial charge in [0.25, 0.3) is 0 Å². The van der Waals surface area contributed by atoms with E-state index in [-0.39, 0.29) is 0 Å². The lowest BCUT2D eigenvalue weighted by atomic mass is 9.98. The van der Waals surface area contributed by atoms with Crippen LogP contribution in [0.1, 0.15) is 37.5 Å². The molecule has 3 heterocycles. The lowest BCUT2D eigenvalue weighted by Gasteiger charge is -2.19. The molecule has 0 atom stereocenters. The van der Waals surface area contributed by atoms with Gasteiger partial charge in [-0.3, -0.25) is 0 Å². The maximum absolute atomic E-state index is 6.33. The first-order valence-electron chi connectivity index (χ1n) is 10.3. The highest BCUT2D eigenvalue weighted by molar-refractivity contribution is 6.30. The molecule has 2 N–H and O–H groups in total. The van der Waals surface area contributed by atoms with Crippen molar-refractivity contribution in [3.05, 3.63) is 47.4 Å². The molecule has 1 saturated heterocycles. The van der Waals surface area contributed by atoms with Crippen molar-refractivity contribution in [3.63, 3.8) is 0 Å².